The molecule has 0 saturated heterocycles. The summed E-state index contributed by atoms with van der Waals surface area (Å²) in [5, 5.41) is 20.0. The van der Waals surface area contributed by atoms with E-state index in [9.17, 15) is 14.7 Å². The van der Waals surface area contributed by atoms with Crippen LogP contribution in [0.15, 0.2) is 29.1 Å². The number of carboxylic acid groups (broad SMARTS) is 1. The number of phenolic OH excluding ortho intramolecular Hbond substituents is 1. The predicted octanol–water partition coefficient (Wildman–Crippen LogP) is 2.81. The summed E-state index contributed by atoms with van der Waals surface area (Å²) in [7, 11) is -2.13. The molecule has 7 nitrogen and oxygen atoms in total. The zero-order valence-electron chi connectivity index (χ0n) is 16.4. The highest BCUT2D eigenvalue weighted by molar-refractivity contribution is 6.74. The summed E-state index contributed by atoms with van der Waals surface area (Å²) in [4.78, 5) is 23.3. The first-order valence-electron chi connectivity index (χ1n) is 8.84. The van der Waals surface area contributed by atoms with Crippen LogP contribution in [0, 0.1) is 0 Å². The van der Waals surface area contributed by atoms with Gasteiger partial charge in [-0.3, -0.25) is 14.2 Å². The van der Waals surface area contributed by atoms with Crippen molar-refractivity contribution >= 4 is 25.2 Å². The Morgan fingerprint density at radius 2 is 1.89 bits per heavy atom. The van der Waals surface area contributed by atoms with Crippen molar-refractivity contribution in [3.63, 3.8) is 0 Å². The fourth-order valence-corrected chi connectivity index (χ4v) is 4.06. The molecule has 0 saturated carbocycles. The number of benzene rings is 1. The monoisotopic (exact) mass is 392 g/mol. The first kappa shape index (κ1) is 21.1. The minimum Gasteiger partial charge on any atom is -0.506 e. The molecule has 2 rings (SSSR count). The number of fused-ring (bicyclic) bond motifs is 1. The molecule has 0 amide bonds. The van der Waals surface area contributed by atoms with Gasteiger partial charge in [0.05, 0.1) is 11.6 Å². The Balaban J connectivity index is 2.67. The molecule has 1 heterocycles. The van der Waals surface area contributed by atoms with Crippen LogP contribution in [0.5, 0.6) is 5.75 Å². The molecule has 4 N–H and O–H groups in total. The van der Waals surface area contributed by atoms with Crippen LogP contribution in [0.2, 0.25) is 18.1 Å². The number of carbonyl (C=O) groups is 1. The number of hydrogen-bond donors (Lipinski definition) is 3. The third-order valence-electron chi connectivity index (χ3n) is 5.26. The summed E-state index contributed by atoms with van der Waals surface area (Å²) in [5.74, 6) is -1.32. The van der Waals surface area contributed by atoms with Gasteiger partial charge in [0.2, 0.25) is 0 Å². The zero-order chi connectivity index (χ0) is 20.6. The van der Waals surface area contributed by atoms with Crippen molar-refractivity contribution in [3.8, 4) is 5.75 Å². The molecule has 0 fully saturated rings. The second kappa shape index (κ2) is 7.45. The maximum absolute atomic E-state index is 12.2. The third-order valence-corrected chi connectivity index (χ3v) is 9.74. The number of nitrogens with two attached hydrogens (primary N) is 1. The van der Waals surface area contributed by atoms with Gasteiger partial charge in [-0.15, -0.1) is 0 Å². The van der Waals surface area contributed by atoms with E-state index in [1.807, 2.05) is 0 Å². The molecule has 0 bridgehead atoms. The van der Waals surface area contributed by atoms with E-state index in [4.69, 9.17) is 15.3 Å². The molecule has 2 aromatic rings. The summed E-state index contributed by atoms with van der Waals surface area (Å²) in [6.07, 6.45) is -0.426. The summed E-state index contributed by atoms with van der Waals surface area (Å²) in [6, 6.07) is 6.06. The van der Waals surface area contributed by atoms with E-state index in [2.05, 4.69) is 33.9 Å². The van der Waals surface area contributed by atoms with E-state index in [1.54, 1.807) is 12.1 Å². The fourth-order valence-electron chi connectivity index (χ4n) is 2.77. The van der Waals surface area contributed by atoms with Crippen LogP contribution in [0.3, 0.4) is 0 Å². The second-order valence-electron chi connectivity index (χ2n) is 8.19. The van der Waals surface area contributed by atoms with Crippen LogP contribution in [0.1, 0.15) is 32.4 Å². The molecule has 8 heteroatoms. The van der Waals surface area contributed by atoms with Crippen molar-refractivity contribution in [2.75, 3.05) is 6.54 Å². The minimum atomic E-state index is -2.13. The standard InChI is InChI=1S/C19H28N2O5Si/c1-19(2,3)27(4,5)26-15(10-20)12-6-8-14(22)18-13(12)7-9-16(23)21(18)11-17(24)25/h6-9,15,22H,10-11,20H2,1-5H3,(H,24,25)/t15-/m0/s1. The number of nitrogens with zero attached hydrogens (tertiary/aromatic N) is 1. The van der Waals surface area contributed by atoms with E-state index in [0.717, 1.165) is 10.1 Å². The Labute approximate surface area is 159 Å². The number of carboxylic acids is 1. The average molecular weight is 393 g/mol. The minimum absolute atomic E-state index is 0.0153. The number of hydrogen-bond acceptors (Lipinski definition) is 5. The lowest BCUT2D eigenvalue weighted by Gasteiger charge is -2.39. The maximum atomic E-state index is 12.2. The highest BCUT2D eigenvalue weighted by Gasteiger charge is 2.39. The van der Waals surface area contributed by atoms with E-state index < -0.39 is 32.5 Å². The molecule has 1 atom stereocenters. The van der Waals surface area contributed by atoms with Gasteiger partial charge < -0.3 is 20.4 Å². The van der Waals surface area contributed by atoms with Crippen molar-refractivity contribution in [2.24, 2.45) is 5.73 Å². The molecule has 0 aliphatic rings. The van der Waals surface area contributed by atoms with Crippen LogP contribution in [-0.4, -0.2) is 35.6 Å². The van der Waals surface area contributed by atoms with Gasteiger partial charge in [0.1, 0.15) is 12.3 Å². The fraction of sp³-hybridized carbons (Fsp3) is 0.474. The molecular formula is C19H28N2O5Si. The molecule has 148 valence electrons. The quantitative estimate of drug-likeness (QED) is 0.651. The second-order valence-corrected chi connectivity index (χ2v) is 12.9. The van der Waals surface area contributed by atoms with Crippen molar-refractivity contribution < 1.29 is 19.4 Å². The number of rotatable bonds is 6. The average Bonchev–Trinajstić information content (AvgIpc) is 2.54. The van der Waals surface area contributed by atoms with E-state index in [1.165, 1.54) is 12.1 Å². The highest BCUT2D eigenvalue weighted by atomic mass is 28.4. The number of aromatic hydroxyl groups is 1. The number of phenols is 1. The van der Waals surface area contributed by atoms with Crippen molar-refractivity contribution in [1.82, 2.24) is 4.57 Å². The van der Waals surface area contributed by atoms with Gasteiger partial charge in [0.15, 0.2) is 8.32 Å². The van der Waals surface area contributed by atoms with E-state index >= 15 is 0 Å². The molecule has 0 unspecified atom stereocenters. The van der Waals surface area contributed by atoms with Gasteiger partial charge in [-0.1, -0.05) is 26.8 Å². The molecular weight excluding hydrogens is 364 g/mol. The van der Waals surface area contributed by atoms with Gasteiger partial charge in [-0.25, -0.2) is 0 Å². The Morgan fingerprint density at radius 3 is 2.41 bits per heavy atom. The molecule has 0 aliphatic heterocycles. The number of aliphatic carboxylic acids is 1. The SMILES string of the molecule is CC(C)(C)[Si](C)(C)O[C@@H](CN)c1ccc(O)c2c1ccc(=O)n2CC(=O)O. The Bertz CT molecular complexity index is 915. The highest BCUT2D eigenvalue weighted by Crippen LogP contribution is 2.41. The van der Waals surface area contributed by atoms with Gasteiger partial charge in [-0.2, -0.15) is 0 Å². The van der Waals surface area contributed by atoms with Crippen LogP contribution >= 0.6 is 0 Å². The first-order valence-corrected chi connectivity index (χ1v) is 11.7. The van der Waals surface area contributed by atoms with Crippen molar-refractivity contribution in [2.45, 2.75) is 51.6 Å². The molecule has 0 spiro atoms. The van der Waals surface area contributed by atoms with Gasteiger partial charge >= 0.3 is 5.97 Å². The van der Waals surface area contributed by atoms with Gasteiger partial charge in [0.25, 0.3) is 5.56 Å². The molecule has 0 radical (unpaired) electrons. The molecule has 1 aromatic carbocycles. The van der Waals surface area contributed by atoms with E-state index in [0.29, 0.717) is 5.39 Å². The summed E-state index contributed by atoms with van der Waals surface area (Å²) < 4.78 is 7.52. The number of aromatic nitrogens is 1. The summed E-state index contributed by atoms with van der Waals surface area (Å²) in [5.41, 5.74) is 6.42. The lowest BCUT2D eigenvalue weighted by atomic mass is 10.0. The smallest absolute Gasteiger partial charge is 0.323 e. The lowest BCUT2D eigenvalue weighted by molar-refractivity contribution is -0.137. The largest absolute Gasteiger partial charge is 0.506 e. The maximum Gasteiger partial charge on any atom is 0.323 e. The van der Waals surface area contributed by atoms with Gasteiger partial charge in [-0.05, 0) is 35.8 Å². The normalized spacial score (nSPS) is 13.7. The Morgan fingerprint density at radius 1 is 1.26 bits per heavy atom. The van der Waals surface area contributed by atoms with Crippen LogP contribution in [0.25, 0.3) is 10.9 Å². The molecule has 27 heavy (non-hydrogen) atoms. The van der Waals surface area contributed by atoms with Crippen molar-refractivity contribution in [1.29, 1.82) is 0 Å². The van der Waals surface area contributed by atoms with Crippen LogP contribution < -0.4 is 11.3 Å². The van der Waals surface area contributed by atoms with Crippen LogP contribution in [0.4, 0.5) is 0 Å². The summed E-state index contributed by atoms with van der Waals surface area (Å²) in [6.45, 7) is 10.3. The van der Waals surface area contributed by atoms with Crippen molar-refractivity contribution in [3.05, 3.63) is 40.2 Å². The first-order chi connectivity index (χ1) is 12.4. The van der Waals surface area contributed by atoms with Crippen LogP contribution in [-0.2, 0) is 15.8 Å². The zero-order valence-corrected chi connectivity index (χ0v) is 17.4. The Kier molecular flexibility index (Phi) is 5.84. The molecule has 1 aromatic heterocycles. The van der Waals surface area contributed by atoms with E-state index in [-0.39, 0.29) is 22.8 Å². The topological polar surface area (TPSA) is 115 Å². The number of pyridine rings is 1. The van der Waals surface area contributed by atoms with Gasteiger partial charge in [0, 0.05) is 18.0 Å². The Hall–Kier alpha value is -2.16. The lowest BCUT2D eigenvalue weighted by Crippen LogP contribution is -2.43. The molecule has 0 aliphatic carbocycles. The third kappa shape index (κ3) is 4.23. The predicted molar refractivity (Wildman–Crippen MR) is 108 cm³/mol. The summed E-state index contributed by atoms with van der Waals surface area (Å²) >= 11 is 0.